The minimum atomic E-state index is -0.159. The van der Waals surface area contributed by atoms with Gasteiger partial charge in [-0.25, -0.2) is 0 Å². The molecular weight excluding hydrogens is 220 g/mol. The molecule has 2 rings (SSSR count). The van der Waals surface area contributed by atoms with Crippen molar-refractivity contribution in [2.24, 2.45) is 11.3 Å². The molecule has 86 valence electrons. The number of benzene rings is 1. The van der Waals surface area contributed by atoms with Gasteiger partial charge >= 0.3 is 0 Å². The van der Waals surface area contributed by atoms with Crippen LogP contribution in [0.4, 0.5) is 0 Å². The molecule has 1 fully saturated rings. The Morgan fingerprint density at radius 3 is 2.50 bits per heavy atom. The van der Waals surface area contributed by atoms with Gasteiger partial charge in [0.25, 0.3) is 0 Å². The fourth-order valence-electron chi connectivity index (χ4n) is 2.61. The second-order valence-electron chi connectivity index (χ2n) is 5.17. The monoisotopic (exact) mass is 236 g/mol. The summed E-state index contributed by atoms with van der Waals surface area (Å²) in [6.45, 7) is 4.13. The van der Waals surface area contributed by atoms with Gasteiger partial charge in [0.15, 0.2) is 0 Å². The van der Waals surface area contributed by atoms with Crippen LogP contribution >= 0.6 is 11.6 Å². The van der Waals surface area contributed by atoms with E-state index < -0.39 is 0 Å². The Hall–Kier alpha value is -0.820. The van der Waals surface area contributed by atoms with Gasteiger partial charge in [0.1, 0.15) is 5.78 Å². The number of ketones is 1. The highest BCUT2D eigenvalue weighted by Crippen LogP contribution is 2.40. The molecule has 0 amide bonds. The van der Waals surface area contributed by atoms with E-state index in [-0.39, 0.29) is 11.3 Å². The van der Waals surface area contributed by atoms with Crippen molar-refractivity contribution in [3.63, 3.8) is 0 Å². The summed E-state index contributed by atoms with van der Waals surface area (Å²) >= 11 is 5.85. The van der Waals surface area contributed by atoms with Crippen LogP contribution in [0.15, 0.2) is 24.3 Å². The van der Waals surface area contributed by atoms with Crippen molar-refractivity contribution < 1.29 is 4.79 Å². The molecule has 0 aromatic heterocycles. The summed E-state index contributed by atoms with van der Waals surface area (Å²) in [5, 5.41) is 0.750. The van der Waals surface area contributed by atoms with Crippen molar-refractivity contribution in [1.82, 2.24) is 0 Å². The van der Waals surface area contributed by atoms with Crippen molar-refractivity contribution in [1.29, 1.82) is 0 Å². The van der Waals surface area contributed by atoms with Crippen molar-refractivity contribution in [2.75, 3.05) is 0 Å². The van der Waals surface area contributed by atoms with E-state index in [9.17, 15) is 4.79 Å². The van der Waals surface area contributed by atoms with Gasteiger partial charge in [-0.3, -0.25) is 4.79 Å². The third-order valence-electron chi connectivity index (χ3n) is 3.68. The maximum absolute atomic E-state index is 12.1. The summed E-state index contributed by atoms with van der Waals surface area (Å²) < 4.78 is 0. The van der Waals surface area contributed by atoms with Crippen LogP contribution in [0.3, 0.4) is 0 Å². The molecular formula is C14H17ClO. The van der Waals surface area contributed by atoms with Crippen molar-refractivity contribution >= 4 is 17.4 Å². The molecule has 0 spiro atoms. The van der Waals surface area contributed by atoms with Crippen LogP contribution < -0.4 is 0 Å². The molecule has 0 aliphatic heterocycles. The van der Waals surface area contributed by atoms with E-state index in [0.29, 0.717) is 5.78 Å². The van der Waals surface area contributed by atoms with Crippen LogP contribution in [0.2, 0.25) is 5.02 Å². The van der Waals surface area contributed by atoms with E-state index in [1.807, 2.05) is 31.2 Å². The first-order valence-electron chi connectivity index (χ1n) is 5.80. The van der Waals surface area contributed by atoms with E-state index >= 15 is 0 Å². The Kier molecular flexibility index (Phi) is 3.07. The van der Waals surface area contributed by atoms with Crippen molar-refractivity contribution in [2.45, 2.75) is 33.1 Å². The fourth-order valence-corrected chi connectivity index (χ4v) is 2.74. The van der Waals surface area contributed by atoms with Crippen molar-refractivity contribution in [3.05, 3.63) is 34.9 Å². The molecule has 0 saturated heterocycles. The summed E-state index contributed by atoms with van der Waals surface area (Å²) in [4.78, 5) is 12.1. The number of Topliss-reactive ketones (excluding diaryl/α,β-unsaturated/α-hetero) is 1. The van der Waals surface area contributed by atoms with Gasteiger partial charge in [-0.15, -0.1) is 0 Å². The number of hydrogen-bond acceptors (Lipinski definition) is 1. The van der Waals surface area contributed by atoms with Crippen LogP contribution in [0.1, 0.15) is 32.3 Å². The summed E-state index contributed by atoms with van der Waals surface area (Å²) in [6, 6.07) is 7.82. The fraction of sp³-hybridized carbons (Fsp3) is 0.500. The molecule has 2 heteroatoms. The Balaban J connectivity index is 2.15. The molecule has 16 heavy (non-hydrogen) atoms. The molecule has 1 saturated carbocycles. The average Bonchev–Trinajstić information content (AvgIpc) is 2.51. The van der Waals surface area contributed by atoms with Gasteiger partial charge in [-0.1, -0.05) is 37.6 Å². The van der Waals surface area contributed by atoms with E-state index in [1.165, 1.54) is 5.56 Å². The summed E-state index contributed by atoms with van der Waals surface area (Å²) in [7, 11) is 0. The lowest BCUT2D eigenvalue weighted by Crippen LogP contribution is -2.26. The molecule has 0 radical (unpaired) electrons. The first-order valence-corrected chi connectivity index (χ1v) is 6.18. The molecule has 1 aromatic rings. The zero-order chi connectivity index (χ0) is 11.8. The lowest BCUT2D eigenvalue weighted by molar-refractivity contribution is -0.127. The Labute approximate surface area is 102 Å². The summed E-state index contributed by atoms with van der Waals surface area (Å²) in [5.41, 5.74) is 1.04. The van der Waals surface area contributed by atoms with Crippen LogP contribution in [0, 0.1) is 11.3 Å². The first-order chi connectivity index (χ1) is 7.51. The van der Waals surface area contributed by atoms with E-state index in [2.05, 4.69) is 6.92 Å². The number of hydrogen-bond donors (Lipinski definition) is 0. The second kappa shape index (κ2) is 4.21. The van der Waals surface area contributed by atoms with Gasteiger partial charge in [-0.2, -0.15) is 0 Å². The van der Waals surface area contributed by atoms with Crippen LogP contribution in [0.25, 0.3) is 0 Å². The van der Waals surface area contributed by atoms with Crippen molar-refractivity contribution in [3.8, 4) is 0 Å². The molecule has 1 nitrogen and oxygen atoms in total. The topological polar surface area (TPSA) is 17.1 Å². The largest absolute Gasteiger partial charge is 0.299 e. The standard InChI is InChI=1S/C14H17ClO/c1-10-7-8-14(2,13(10)16)9-11-3-5-12(15)6-4-11/h3-6,10H,7-9H2,1-2H3. The maximum Gasteiger partial charge on any atom is 0.141 e. The predicted molar refractivity (Wildman–Crippen MR) is 66.7 cm³/mol. The molecule has 0 bridgehead atoms. The molecule has 1 aromatic carbocycles. The van der Waals surface area contributed by atoms with E-state index in [4.69, 9.17) is 11.6 Å². The highest BCUT2D eigenvalue weighted by atomic mass is 35.5. The highest BCUT2D eigenvalue weighted by molar-refractivity contribution is 6.30. The lowest BCUT2D eigenvalue weighted by Gasteiger charge is -2.22. The van der Waals surface area contributed by atoms with Gasteiger partial charge < -0.3 is 0 Å². The number of carbonyl (C=O) groups excluding carboxylic acids is 1. The highest BCUT2D eigenvalue weighted by Gasteiger charge is 2.41. The minimum absolute atomic E-state index is 0.159. The quantitative estimate of drug-likeness (QED) is 0.762. The van der Waals surface area contributed by atoms with E-state index in [0.717, 1.165) is 24.3 Å². The third kappa shape index (κ3) is 2.15. The molecule has 1 aliphatic carbocycles. The number of carbonyl (C=O) groups is 1. The van der Waals surface area contributed by atoms with Gasteiger partial charge in [0.05, 0.1) is 0 Å². The van der Waals surface area contributed by atoms with Gasteiger partial charge in [0, 0.05) is 16.4 Å². The minimum Gasteiger partial charge on any atom is -0.299 e. The van der Waals surface area contributed by atoms with Crippen LogP contribution in [-0.2, 0) is 11.2 Å². The first kappa shape index (κ1) is 11.7. The Morgan fingerprint density at radius 1 is 1.38 bits per heavy atom. The summed E-state index contributed by atoms with van der Waals surface area (Å²) in [6.07, 6.45) is 2.88. The van der Waals surface area contributed by atoms with Gasteiger partial charge in [0.2, 0.25) is 0 Å². The zero-order valence-corrected chi connectivity index (χ0v) is 10.6. The molecule has 2 atom stereocenters. The number of rotatable bonds is 2. The van der Waals surface area contributed by atoms with E-state index in [1.54, 1.807) is 0 Å². The normalized spacial score (nSPS) is 29.7. The maximum atomic E-state index is 12.1. The SMILES string of the molecule is CC1CCC(C)(Cc2ccc(Cl)cc2)C1=O. The van der Waals surface area contributed by atoms with Crippen LogP contribution in [0.5, 0.6) is 0 Å². The molecule has 0 heterocycles. The molecule has 1 aliphatic rings. The third-order valence-corrected chi connectivity index (χ3v) is 3.93. The Bertz CT molecular complexity index is 396. The second-order valence-corrected chi connectivity index (χ2v) is 5.60. The summed E-state index contributed by atoms with van der Waals surface area (Å²) in [5.74, 6) is 0.653. The smallest absolute Gasteiger partial charge is 0.141 e. The zero-order valence-electron chi connectivity index (χ0n) is 9.79. The van der Waals surface area contributed by atoms with Crippen LogP contribution in [-0.4, -0.2) is 5.78 Å². The lowest BCUT2D eigenvalue weighted by atomic mass is 9.80. The molecule has 0 N–H and O–H groups in total. The predicted octanol–water partition coefficient (Wildman–Crippen LogP) is 3.89. The average molecular weight is 237 g/mol. The Morgan fingerprint density at radius 2 is 2.00 bits per heavy atom. The number of halogens is 1. The molecule has 2 unspecified atom stereocenters. The van der Waals surface area contributed by atoms with Gasteiger partial charge in [-0.05, 0) is 37.0 Å².